The highest BCUT2D eigenvalue weighted by molar-refractivity contribution is 6.30. The highest BCUT2D eigenvalue weighted by Crippen LogP contribution is 2.47. The van der Waals surface area contributed by atoms with E-state index in [0.717, 1.165) is 50.2 Å². The zero-order valence-corrected chi connectivity index (χ0v) is 22.4. The van der Waals surface area contributed by atoms with Gasteiger partial charge in [-0.25, -0.2) is 8.78 Å². The van der Waals surface area contributed by atoms with Crippen LogP contribution in [0.25, 0.3) is 0 Å². The molecule has 0 spiro atoms. The molecule has 1 aliphatic heterocycles. The van der Waals surface area contributed by atoms with Crippen LogP contribution in [0.5, 0.6) is 5.75 Å². The van der Waals surface area contributed by atoms with Crippen molar-refractivity contribution in [2.24, 2.45) is 23.7 Å². The van der Waals surface area contributed by atoms with Gasteiger partial charge in [-0.1, -0.05) is 30.7 Å². The van der Waals surface area contributed by atoms with Crippen LogP contribution in [0.15, 0.2) is 36.4 Å². The molecule has 0 amide bonds. The molecule has 0 atom stereocenters. The molecule has 1 saturated heterocycles. The Morgan fingerprint density at radius 3 is 2.05 bits per heavy atom. The quantitative estimate of drug-likeness (QED) is 0.333. The lowest BCUT2D eigenvalue weighted by Crippen LogP contribution is -2.38. The van der Waals surface area contributed by atoms with Gasteiger partial charge in [-0.2, -0.15) is 8.78 Å². The van der Waals surface area contributed by atoms with E-state index in [1.807, 2.05) is 12.1 Å². The lowest BCUT2D eigenvalue weighted by molar-refractivity contribution is -0.224. The van der Waals surface area contributed by atoms with Gasteiger partial charge >= 0.3 is 6.11 Å². The number of benzene rings is 2. The minimum atomic E-state index is -3.36. The van der Waals surface area contributed by atoms with Crippen LogP contribution in [-0.4, -0.2) is 19.3 Å². The summed E-state index contributed by atoms with van der Waals surface area (Å²) in [5.41, 5.74) is 1.46. The van der Waals surface area contributed by atoms with E-state index in [-0.39, 0.29) is 22.5 Å². The van der Waals surface area contributed by atoms with E-state index in [1.165, 1.54) is 12.1 Å². The van der Waals surface area contributed by atoms with Gasteiger partial charge in [-0.15, -0.1) is 0 Å². The first-order chi connectivity index (χ1) is 18.2. The van der Waals surface area contributed by atoms with Crippen molar-refractivity contribution in [2.75, 3.05) is 13.2 Å². The number of hydrogen-bond acceptors (Lipinski definition) is 3. The van der Waals surface area contributed by atoms with Gasteiger partial charge in [0, 0.05) is 17.5 Å². The summed E-state index contributed by atoms with van der Waals surface area (Å²) in [6.07, 6.45) is 2.06. The molecule has 8 heteroatoms. The molecule has 2 aromatic carbocycles. The minimum absolute atomic E-state index is 0.131. The number of rotatable bonds is 6. The Labute approximate surface area is 226 Å². The molecular formula is C30H35ClF4O3. The normalized spacial score (nSPS) is 30.7. The standard InChI is InChI=1S/C30H35ClF4O3/c1-18-16-36-29(37-17-18)22-8-12-25(27(32)14-22)21-4-2-19(3-5-21)20-6-9-23(10-7-20)30(34,35)38-24-11-13-26(31)28(33)15-24/h8,11-15,18-21,23,29H,2-7,9-10,16-17H2,1H3. The Kier molecular flexibility index (Phi) is 8.56. The number of hydrogen-bond donors (Lipinski definition) is 0. The highest BCUT2D eigenvalue weighted by Gasteiger charge is 2.45. The molecule has 0 radical (unpaired) electrons. The van der Waals surface area contributed by atoms with Gasteiger partial charge in [0.25, 0.3) is 0 Å². The van der Waals surface area contributed by atoms with Crippen LogP contribution in [0.2, 0.25) is 5.02 Å². The average molecular weight is 555 g/mol. The summed E-state index contributed by atoms with van der Waals surface area (Å²) in [4.78, 5) is 0. The van der Waals surface area contributed by atoms with E-state index in [0.29, 0.717) is 49.4 Å². The maximum Gasteiger partial charge on any atom is 0.400 e. The van der Waals surface area contributed by atoms with Crippen LogP contribution in [0.4, 0.5) is 17.6 Å². The van der Waals surface area contributed by atoms with Crippen molar-refractivity contribution in [2.45, 2.75) is 76.6 Å². The maximum atomic E-state index is 15.0. The molecule has 2 aliphatic carbocycles. The van der Waals surface area contributed by atoms with Gasteiger partial charge in [0.1, 0.15) is 17.4 Å². The molecule has 0 bridgehead atoms. The van der Waals surface area contributed by atoms with Crippen LogP contribution in [0, 0.1) is 35.3 Å². The molecule has 3 nitrogen and oxygen atoms in total. The van der Waals surface area contributed by atoms with Crippen LogP contribution >= 0.6 is 11.6 Å². The van der Waals surface area contributed by atoms with Gasteiger partial charge < -0.3 is 14.2 Å². The molecule has 1 heterocycles. The first-order valence-corrected chi connectivity index (χ1v) is 14.1. The van der Waals surface area contributed by atoms with Crippen molar-refractivity contribution < 1.29 is 31.8 Å². The van der Waals surface area contributed by atoms with Crippen molar-refractivity contribution in [3.63, 3.8) is 0 Å². The number of halogens is 5. The van der Waals surface area contributed by atoms with E-state index in [9.17, 15) is 13.2 Å². The molecule has 0 unspecified atom stereocenters. The third-order valence-electron chi connectivity index (χ3n) is 8.63. The van der Waals surface area contributed by atoms with Crippen molar-refractivity contribution >= 4 is 11.6 Å². The summed E-state index contributed by atoms with van der Waals surface area (Å²) in [5, 5.41) is -0.131. The Morgan fingerprint density at radius 1 is 0.816 bits per heavy atom. The highest BCUT2D eigenvalue weighted by atomic mass is 35.5. The van der Waals surface area contributed by atoms with Crippen LogP contribution < -0.4 is 4.74 Å². The topological polar surface area (TPSA) is 27.7 Å². The summed E-state index contributed by atoms with van der Waals surface area (Å²) in [6, 6.07) is 8.71. The lowest BCUT2D eigenvalue weighted by Gasteiger charge is -2.39. The third-order valence-corrected chi connectivity index (χ3v) is 8.94. The summed E-state index contributed by atoms with van der Waals surface area (Å²) in [7, 11) is 0. The summed E-state index contributed by atoms with van der Waals surface area (Å²) < 4.78 is 74.6. The second-order valence-electron chi connectivity index (χ2n) is 11.3. The second-order valence-corrected chi connectivity index (χ2v) is 11.8. The Morgan fingerprint density at radius 2 is 1.45 bits per heavy atom. The van der Waals surface area contributed by atoms with Crippen molar-refractivity contribution in [3.8, 4) is 5.75 Å². The van der Waals surface area contributed by atoms with E-state index >= 15 is 4.39 Å². The molecule has 3 fully saturated rings. The Hall–Kier alpha value is -1.83. The second kappa shape index (κ2) is 11.7. The van der Waals surface area contributed by atoms with Gasteiger partial charge in [-0.3, -0.25) is 0 Å². The first kappa shape index (κ1) is 27.7. The van der Waals surface area contributed by atoms with Crippen LogP contribution in [0.1, 0.15) is 81.6 Å². The molecule has 0 N–H and O–H groups in total. The predicted octanol–water partition coefficient (Wildman–Crippen LogP) is 9.05. The largest absolute Gasteiger partial charge is 0.432 e. The summed E-state index contributed by atoms with van der Waals surface area (Å²) >= 11 is 5.64. The van der Waals surface area contributed by atoms with Gasteiger partial charge in [0.05, 0.1) is 24.2 Å². The zero-order valence-electron chi connectivity index (χ0n) is 21.6. The summed E-state index contributed by atoms with van der Waals surface area (Å²) in [6.45, 7) is 3.26. The van der Waals surface area contributed by atoms with E-state index in [1.54, 1.807) is 6.07 Å². The maximum absolute atomic E-state index is 15.0. The van der Waals surface area contributed by atoms with E-state index in [4.69, 9.17) is 25.8 Å². The fourth-order valence-electron chi connectivity index (χ4n) is 6.42. The fourth-order valence-corrected chi connectivity index (χ4v) is 6.54. The average Bonchev–Trinajstić information content (AvgIpc) is 2.91. The SMILES string of the molecule is CC1COC(c2ccc(C3CCC(C4CCC(C(F)(F)Oc5ccc(Cl)c(F)c5)CC4)CC3)c(F)c2)OC1. The van der Waals surface area contributed by atoms with Gasteiger partial charge in [-0.05, 0) is 92.9 Å². The molecule has 208 valence electrons. The van der Waals surface area contributed by atoms with Crippen LogP contribution in [0.3, 0.4) is 0 Å². The predicted molar refractivity (Wildman–Crippen MR) is 137 cm³/mol. The van der Waals surface area contributed by atoms with E-state index < -0.39 is 24.1 Å². The molecule has 5 rings (SSSR count). The fraction of sp³-hybridized carbons (Fsp3) is 0.600. The number of alkyl halides is 2. The molecule has 2 aromatic rings. The molecule has 2 saturated carbocycles. The first-order valence-electron chi connectivity index (χ1n) is 13.7. The smallest absolute Gasteiger partial charge is 0.400 e. The molecule has 0 aromatic heterocycles. The third kappa shape index (κ3) is 6.31. The van der Waals surface area contributed by atoms with E-state index in [2.05, 4.69) is 6.92 Å². The monoisotopic (exact) mass is 554 g/mol. The Bertz CT molecular complexity index is 1090. The van der Waals surface area contributed by atoms with Gasteiger partial charge in [0.2, 0.25) is 0 Å². The molecule has 38 heavy (non-hydrogen) atoms. The van der Waals surface area contributed by atoms with Crippen LogP contribution in [-0.2, 0) is 9.47 Å². The van der Waals surface area contributed by atoms with Crippen molar-refractivity contribution in [1.82, 2.24) is 0 Å². The zero-order chi connectivity index (χ0) is 26.9. The lowest BCUT2D eigenvalue weighted by atomic mass is 9.68. The van der Waals surface area contributed by atoms with Crippen molar-refractivity contribution in [1.29, 1.82) is 0 Å². The molecular weight excluding hydrogens is 520 g/mol. The Balaban J connectivity index is 1.11. The molecule has 3 aliphatic rings. The summed E-state index contributed by atoms with van der Waals surface area (Å²) in [5.74, 6) is -0.732. The number of ether oxygens (including phenoxy) is 3. The van der Waals surface area contributed by atoms with Gasteiger partial charge in [0.15, 0.2) is 6.29 Å². The minimum Gasteiger partial charge on any atom is -0.432 e. The van der Waals surface area contributed by atoms with Crippen molar-refractivity contribution in [3.05, 3.63) is 64.2 Å².